The van der Waals surface area contributed by atoms with Gasteiger partial charge in [0.2, 0.25) is 0 Å². The SMILES string of the molecule is O=C(O)Cn1nc2c(cc1=O)CS(=O)(=O)CC2. The van der Waals surface area contributed by atoms with E-state index in [9.17, 15) is 18.0 Å². The van der Waals surface area contributed by atoms with E-state index in [0.29, 0.717) is 11.3 Å². The minimum Gasteiger partial charge on any atom is -0.480 e. The fourth-order valence-corrected chi connectivity index (χ4v) is 3.08. The summed E-state index contributed by atoms with van der Waals surface area (Å²) in [4.78, 5) is 22.0. The zero-order valence-electron chi connectivity index (χ0n) is 8.79. The number of nitrogens with zero attached hydrogens (tertiary/aromatic N) is 2. The van der Waals surface area contributed by atoms with Crippen molar-refractivity contribution in [3.8, 4) is 0 Å². The molecule has 0 amide bonds. The van der Waals surface area contributed by atoms with Gasteiger partial charge in [0.05, 0.1) is 17.2 Å². The van der Waals surface area contributed by atoms with Crippen LogP contribution in [0.15, 0.2) is 10.9 Å². The maximum absolute atomic E-state index is 11.5. The second-order valence-corrected chi connectivity index (χ2v) is 6.03. The van der Waals surface area contributed by atoms with Crippen molar-refractivity contribution in [3.05, 3.63) is 27.7 Å². The van der Waals surface area contributed by atoms with Gasteiger partial charge < -0.3 is 5.11 Å². The second kappa shape index (κ2) is 3.95. The number of hydrogen-bond acceptors (Lipinski definition) is 5. The summed E-state index contributed by atoms with van der Waals surface area (Å²) in [7, 11) is -3.15. The lowest BCUT2D eigenvalue weighted by Gasteiger charge is -2.15. The number of carbonyl (C=O) groups is 1. The fraction of sp³-hybridized carbons (Fsp3) is 0.444. The number of carboxylic acid groups (broad SMARTS) is 1. The number of aryl methyl sites for hydroxylation is 1. The first-order chi connectivity index (χ1) is 7.87. The van der Waals surface area contributed by atoms with Crippen molar-refractivity contribution >= 4 is 15.8 Å². The van der Waals surface area contributed by atoms with Crippen LogP contribution in [-0.4, -0.2) is 35.0 Å². The molecular formula is C9H10N2O5S. The highest BCUT2D eigenvalue weighted by molar-refractivity contribution is 7.90. The van der Waals surface area contributed by atoms with Crippen LogP contribution in [0.1, 0.15) is 11.3 Å². The third-order valence-corrected chi connectivity index (χ3v) is 4.05. The summed E-state index contributed by atoms with van der Waals surface area (Å²) in [6.45, 7) is -0.515. The summed E-state index contributed by atoms with van der Waals surface area (Å²) in [5.74, 6) is -1.38. The zero-order chi connectivity index (χ0) is 12.6. The van der Waals surface area contributed by atoms with Crippen molar-refractivity contribution < 1.29 is 18.3 Å². The zero-order valence-corrected chi connectivity index (χ0v) is 9.61. The Labute approximate surface area is 96.6 Å². The predicted octanol–water partition coefficient (Wildman–Crippen LogP) is -1.20. The van der Waals surface area contributed by atoms with E-state index in [0.717, 1.165) is 10.7 Å². The second-order valence-electron chi connectivity index (χ2n) is 3.85. The minimum absolute atomic E-state index is 0.0156. The Bertz CT molecular complexity index is 631. The van der Waals surface area contributed by atoms with Crippen LogP contribution < -0.4 is 5.56 Å². The smallest absolute Gasteiger partial charge is 0.325 e. The lowest BCUT2D eigenvalue weighted by molar-refractivity contribution is -0.138. The van der Waals surface area contributed by atoms with Crippen molar-refractivity contribution in [1.29, 1.82) is 0 Å². The largest absolute Gasteiger partial charge is 0.480 e. The fourth-order valence-electron chi connectivity index (χ4n) is 1.70. The molecule has 2 rings (SSSR count). The van der Waals surface area contributed by atoms with Crippen LogP contribution in [0, 0.1) is 0 Å². The molecule has 0 spiro atoms. The van der Waals surface area contributed by atoms with Crippen molar-refractivity contribution in [1.82, 2.24) is 9.78 Å². The summed E-state index contributed by atoms with van der Waals surface area (Å²) >= 11 is 0. The summed E-state index contributed by atoms with van der Waals surface area (Å²) in [6.07, 6.45) is 0.220. The van der Waals surface area contributed by atoms with Gasteiger partial charge in [0, 0.05) is 12.5 Å². The van der Waals surface area contributed by atoms with Gasteiger partial charge in [-0.15, -0.1) is 0 Å². The average molecular weight is 258 g/mol. The first-order valence-electron chi connectivity index (χ1n) is 4.89. The molecule has 0 saturated heterocycles. The van der Waals surface area contributed by atoms with Gasteiger partial charge in [-0.2, -0.15) is 5.10 Å². The van der Waals surface area contributed by atoms with Crippen LogP contribution in [0.5, 0.6) is 0 Å². The highest BCUT2D eigenvalue weighted by Gasteiger charge is 2.23. The van der Waals surface area contributed by atoms with Crippen LogP contribution in [0.3, 0.4) is 0 Å². The van der Waals surface area contributed by atoms with E-state index in [2.05, 4.69) is 5.10 Å². The average Bonchev–Trinajstić information content (AvgIpc) is 2.18. The van der Waals surface area contributed by atoms with Crippen molar-refractivity contribution in [2.24, 2.45) is 0 Å². The Balaban J connectivity index is 2.46. The van der Waals surface area contributed by atoms with Crippen molar-refractivity contribution in [2.45, 2.75) is 18.7 Å². The summed E-state index contributed by atoms with van der Waals surface area (Å²) in [6, 6.07) is 1.15. The molecule has 1 aromatic heterocycles. The lowest BCUT2D eigenvalue weighted by Crippen LogP contribution is -2.31. The molecular weight excluding hydrogens is 248 g/mol. The van der Waals surface area contributed by atoms with Gasteiger partial charge in [0.15, 0.2) is 9.84 Å². The third kappa shape index (κ3) is 2.52. The van der Waals surface area contributed by atoms with Gasteiger partial charge in [0.25, 0.3) is 5.56 Å². The number of aliphatic carboxylic acids is 1. The molecule has 1 aromatic rings. The summed E-state index contributed by atoms with van der Waals surface area (Å²) in [5, 5.41) is 12.5. The van der Waals surface area contributed by atoms with Crippen molar-refractivity contribution in [2.75, 3.05) is 5.75 Å². The maximum atomic E-state index is 11.5. The number of carboxylic acids is 1. The van der Waals surface area contributed by atoms with Gasteiger partial charge >= 0.3 is 5.97 Å². The first kappa shape index (κ1) is 11.8. The number of hydrogen-bond donors (Lipinski definition) is 1. The molecule has 0 unspecified atom stereocenters. The van der Waals surface area contributed by atoms with Crippen LogP contribution >= 0.6 is 0 Å². The molecule has 0 atom stereocenters. The molecule has 0 bridgehead atoms. The molecule has 1 N–H and O–H groups in total. The molecule has 0 aliphatic carbocycles. The van der Waals surface area contributed by atoms with Crippen LogP contribution in [0.4, 0.5) is 0 Å². The third-order valence-electron chi connectivity index (χ3n) is 2.47. The topological polar surface area (TPSA) is 106 Å². The van der Waals surface area contributed by atoms with Gasteiger partial charge in [-0.05, 0) is 5.56 Å². The Kier molecular flexibility index (Phi) is 2.74. The quantitative estimate of drug-likeness (QED) is 0.714. The van der Waals surface area contributed by atoms with E-state index in [1.54, 1.807) is 0 Å². The minimum atomic E-state index is -3.15. The monoisotopic (exact) mass is 258 g/mol. The number of rotatable bonds is 2. The van der Waals surface area contributed by atoms with E-state index in [1.165, 1.54) is 0 Å². The predicted molar refractivity (Wildman–Crippen MR) is 57.3 cm³/mol. The van der Waals surface area contributed by atoms with Crippen LogP contribution in [0.25, 0.3) is 0 Å². The first-order valence-corrected chi connectivity index (χ1v) is 6.72. The van der Waals surface area contributed by atoms with E-state index >= 15 is 0 Å². The van der Waals surface area contributed by atoms with Gasteiger partial charge in [-0.1, -0.05) is 0 Å². The summed E-state index contributed by atoms with van der Waals surface area (Å²) in [5.41, 5.74) is 0.270. The molecule has 1 aliphatic rings. The Hall–Kier alpha value is -1.70. The van der Waals surface area contributed by atoms with E-state index in [-0.39, 0.29) is 17.9 Å². The highest BCUT2D eigenvalue weighted by atomic mass is 32.2. The molecule has 0 saturated carbocycles. The normalized spacial score (nSPS) is 17.4. The summed E-state index contributed by atoms with van der Waals surface area (Å²) < 4.78 is 23.5. The molecule has 0 fully saturated rings. The highest BCUT2D eigenvalue weighted by Crippen LogP contribution is 2.16. The molecule has 0 radical (unpaired) electrons. The van der Waals surface area contributed by atoms with Gasteiger partial charge in [-0.3, -0.25) is 9.59 Å². The number of fused-ring (bicyclic) bond motifs is 1. The maximum Gasteiger partial charge on any atom is 0.325 e. The Morgan fingerprint density at radius 3 is 2.88 bits per heavy atom. The standard InChI is InChI=1S/C9H10N2O5S/c12-8-3-6-5-17(15,16)2-1-7(6)10-11(8)4-9(13)14/h3H,1-2,4-5H2,(H,13,14). The van der Waals surface area contributed by atoms with Crippen molar-refractivity contribution in [3.63, 3.8) is 0 Å². The van der Waals surface area contributed by atoms with Crippen LogP contribution in [-0.2, 0) is 33.4 Å². The number of aromatic nitrogens is 2. The van der Waals surface area contributed by atoms with E-state index in [1.807, 2.05) is 0 Å². The molecule has 2 heterocycles. The van der Waals surface area contributed by atoms with Gasteiger partial charge in [-0.25, -0.2) is 13.1 Å². The van der Waals surface area contributed by atoms with Crippen LogP contribution in [0.2, 0.25) is 0 Å². The molecule has 0 aromatic carbocycles. The molecule has 92 valence electrons. The van der Waals surface area contributed by atoms with E-state index < -0.39 is 27.9 Å². The lowest BCUT2D eigenvalue weighted by atomic mass is 10.2. The van der Waals surface area contributed by atoms with Gasteiger partial charge in [0.1, 0.15) is 6.54 Å². The number of sulfone groups is 1. The molecule has 17 heavy (non-hydrogen) atoms. The Morgan fingerprint density at radius 2 is 2.24 bits per heavy atom. The molecule has 7 nitrogen and oxygen atoms in total. The van der Waals surface area contributed by atoms with E-state index in [4.69, 9.17) is 5.11 Å². The molecule has 1 aliphatic heterocycles. The molecule has 8 heteroatoms. The Morgan fingerprint density at radius 1 is 1.53 bits per heavy atom.